The van der Waals surface area contributed by atoms with Crippen LogP contribution in [-0.4, -0.2) is 11.7 Å². The first-order chi connectivity index (χ1) is 10.3. The number of hydrogen-bond acceptors (Lipinski definition) is 2. The monoisotopic (exact) mass is 282 g/mol. The maximum Gasteiger partial charge on any atom is 0.156 e. The molecule has 0 aromatic carbocycles. The first-order valence-corrected chi connectivity index (χ1v) is 8.44. The number of hydrogen-bond donors (Lipinski definition) is 0. The van der Waals surface area contributed by atoms with E-state index in [4.69, 9.17) is 0 Å². The van der Waals surface area contributed by atoms with Crippen LogP contribution in [0.25, 0.3) is 0 Å². The largest absolute Gasteiger partial charge is 0.295 e. The predicted octanol–water partition coefficient (Wildman–Crippen LogP) is 3.81. The van der Waals surface area contributed by atoms with Gasteiger partial charge in [-0.3, -0.25) is 4.79 Å². The van der Waals surface area contributed by atoms with E-state index in [0.717, 1.165) is 24.7 Å². The molecule has 2 nitrogen and oxygen atoms in total. The Morgan fingerprint density at radius 3 is 2.76 bits per heavy atom. The Labute approximate surface area is 126 Å². The fraction of sp³-hybridized carbons (Fsp3) is 0.632. The molecule has 0 radical (unpaired) electrons. The maximum absolute atomic E-state index is 11.6. The lowest BCUT2D eigenvalue weighted by Gasteiger charge is -2.42. The van der Waals surface area contributed by atoms with Crippen LogP contribution < -0.4 is 0 Å². The molecule has 0 N–H and O–H groups in total. The third-order valence-corrected chi connectivity index (χ3v) is 6.38. The van der Waals surface area contributed by atoms with E-state index in [1.54, 1.807) is 17.2 Å². The van der Waals surface area contributed by atoms with E-state index in [1.165, 1.54) is 37.7 Å². The molecule has 4 aliphatic rings. The van der Waals surface area contributed by atoms with Gasteiger partial charge in [0.1, 0.15) is 5.94 Å². The second-order valence-electron chi connectivity index (χ2n) is 7.18. The van der Waals surface area contributed by atoms with Crippen LogP contribution in [0.5, 0.6) is 0 Å². The van der Waals surface area contributed by atoms with Gasteiger partial charge in [-0.1, -0.05) is 5.57 Å². The molecule has 2 saturated carbocycles. The zero-order valence-corrected chi connectivity index (χ0v) is 12.4. The normalized spacial score (nSPS) is 38.1. The molecule has 110 valence electrons. The molecule has 4 atom stereocenters. The van der Waals surface area contributed by atoms with Crippen LogP contribution in [0.4, 0.5) is 0 Å². The lowest BCUT2D eigenvalue weighted by molar-refractivity contribution is -0.114. The van der Waals surface area contributed by atoms with Crippen LogP contribution >= 0.6 is 0 Å². The van der Waals surface area contributed by atoms with Gasteiger partial charge in [-0.05, 0) is 85.8 Å². The van der Waals surface area contributed by atoms with Crippen LogP contribution in [0.1, 0.15) is 51.4 Å². The van der Waals surface area contributed by atoms with Crippen molar-refractivity contribution >= 4 is 11.7 Å². The number of carbonyl (C=O) groups is 1. The molecule has 0 bridgehead atoms. The molecular weight excluding hydrogens is 260 g/mol. The third kappa shape index (κ3) is 2.08. The summed E-state index contributed by atoms with van der Waals surface area (Å²) in [4.78, 5) is 22.3. The molecular formula is C19H22O2. The molecule has 4 rings (SSSR count). The van der Waals surface area contributed by atoms with E-state index < -0.39 is 0 Å². The Kier molecular flexibility index (Phi) is 3.23. The first kappa shape index (κ1) is 13.3. The van der Waals surface area contributed by atoms with Gasteiger partial charge in [-0.2, -0.15) is 0 Å². The minimum atomic E-state index is 0.318. The van der Waals surface area contributed by atoms with E-state index in [0.29, 0.717) is 24.0 Å². The van der Waals surface area contributed by atoms with Gasteiger partial charge in [0, 0.05) is 12.5 Å². The maximum atomic E-state index is 11.6. The second kappa shape index (κ2) is 5.10. The molecule has 4 aliphatic carbocycles. The van der Waals surface area contributed by atoms with Crippen LogP contribution in [0.15, 0.2) is 28.9 Å². The van der Waals surface area contributed by atoms with Crippen molar-refractivity contribution in [2.75, 3.05) is 0 Å². The molecule has 21 heavy (non-hydrogen) atoms. The lowest BCUT2D eigenvalue weighted by Crippen LogP contribution is -2.32. The lowest BCUT2D eigenvalue weighted by atomic mass is 9.62. The Morgan fingerprint density at radius 2 is 1.90 bits per heavy atom. The van der Waals surface area contributed by atoms with Crippen LogP contribution in [0.3, 0.4) is 0 Å². The molecule has 0 aliphatic heterocycles. The molecule has 0 saturated heterocycles. The van der Waals surface area contributed by atoms with Crippen molar-refractivity contribution in [1.82, 2.24) is 0 Å². The summed E-state index contributed by atoms with van der Waals surface area (Å²) in [5.41, 5.74) is 4.56. The van der Waals surface area contributed by atoms with Gasteiger partial charge < -0.3 is 0 Å². The molecule has 0 unspecified atom stereocenters. The van der Waals surface area contributed by atoms with Crippen molar-refractivity contribution in [3.8, 4) is 0 Å². The Hall–Kier alpha value is -1.40. The average molecular weight is 282 g/mol. The van der Waals surface area contributed by atoms with Gasteiger partial charge in [0.05, 0.1) is 0 Å². The smallest absolute Gasteiger partial charge is 0.156 e. The van der Waals surface area contributed by atoms with Crippen molar-refractivity contribution < 1.29 is 9.59 Å². The molecule has 0 spiro atoms. The molecule has 0 aromatic heterocycles. The van der Waals surface area contributed by atoms with Gasteiger partial charge in [0.25, 0.3) is 0 Å². The molecule has 0 aromatic rings. The van der Waals surface area contributed by atoms with E-state index >= 15 is 0 Å². The standard InChI is InChI=1S/C19H22O2/c20-10-9-12-1-4-17-15(12)7-8-18-16-6-3-14(21)11-13(16)2-5-19(17)18/h9,11-12,15,17,19H,1-8H2/t12-,15+,17+,19-/m0/s1. The van der Waals surface area contributed by atoms with Crippen molar-refractivity contribution in [3.05, 3.63) is 28.9 Å². The fourth-order valence-electron chi connectivity index (χ4n) is 5.54. The van der Waals surface area contributed by atoms with E-state index in [1.807, 2.05) is 12.0 Å². The van der Waals surface area contributed by atoms with E-state index in [9.17, 15) is 9.59 Å². The molecule has 0 amide bonds. The highest BCUT2D eigenvalue weighted by molar-refractivity contribution is 5.93. The number of rotatable bonds is 1. The van der Waals surface area contributed by atoms with E-state index in [2.05, 4.69) is 0 Å². The summed E-state index contributed by atoms with van der Waals surface area (Å²) in [6.07, 6.45) is 12.6. The molecule has 0 heterocycles. The summed E-state index contributed by atoms with van der Waals surface area (Å²) in [5.74, 6) is 5.03. The third-order valence-electron chi connectivity index (χ3n) is 6.38. The fourth-order valence-corrected chi connectivity index (χ4v) is 5.54. The van der Waals surface area contributed by atoms with Crippen molar-refractivity contribution in [2.24, 2.45) is 23.7 Å². The van der Waals surface area contributed by atoms with Crippen molar-refractivity contribution in [1.29, 1.82) is 0 Å². The number of carbonyl (C=O) groups excluding carboxylic acids is 2. The SMILES string of the molecule is O=C=C[C@@H]1CC[C@@H]2[C@@H]1CCC1=C3CCC(=O)C=C3CC[C@H]12. The predicted molar refractivity (Wildman–Crippen MR) is 81.3 cm³/mol. The highest BCUT2D eigenvalue weighted by Gasteiger charge is 2.45. The Bertz CT molecular complexity index is 589. The van der Waals surface area contributed by atoms with Gasteiger partial charge in [0.15, 0.2) is 5.78 Å². The van der Waals surface area contributed by atoms with Gasteiger partial charge in [-0.15, -0.1) is 0 Å². The zero-order chi connectivity index (χ0) is 14.4. The quantitative estimate of drug-likeness (QED) is 0.685. The summed E-state index contributed by atoms with van der Waals surface area (Å²) < 4.78 is 0. The average Bonchev–Trinajstić information content (AvgIpc) is 2.90. The minimum absolute atomic E-state index is 0.318. The number of allylic oxidation sites excluding steroid dienone is 5. The van der Waals surface area contributed by atoms with Crippen LogP contribution in [0.2, 0.25) is 0 Å². The molecule has 2 fully saturated rings. The highest BCUT2D eigenvalue weighted by atomic mass is 16.1. The Morgan fingerprint density at radius 1 is 1.00 bits per heavy atom. The van der Waals surface area contributed by atoms with Gasteiger partial charge in [-0.25, -0.2) is 4.79 Å². The number of ketones is 1. The van der Waals surface area contributed by atoms with Crippen molar-refractivity contribution in [3.63, 3.8) is 0 Å². The van der Waals surface area contributed by atoms with Crippen molar-refractivity contribution in [2.45, 2.75) is 51.4 Å². The summed E-state index contributed by atoms with van der Waals surface area (Å²) >= 11 is 0. The molecule has 2 heteroatoms. The highest BCUT2D eigenvalue weighted by Crippen LogP contribution is 2.55. The second-order valence-corrected chi connectivity index (χ2v) is 7.18. The van der Waals surface area contributed by atoms with Gasteiger partial charge >= 0.3 is 0 Å². The summed E-state index contributed by atoms with van der Waals surface area (Å²) in [6, 6.07) is 0. The summed E-state index contributed by atoms with van der Waals surface area (Å²) in [6.45, 7) is 0. The van der Waals surface area contributed by atoms with Crippen LogP contribution in [0, 0.1) is 23.7 Å². The first-order valence-electron chi connectivity index (χ1n) is 8.44. The topological polar surface area (TPSA) is 34.1 Å². The minimum Gasteiger partial charge on any atom is -0.295 e. The zero-order valence-electron chi connectivity index (χ0n) is 12.4. The number of fused-ring (bicyclic) bond motifs is 4. The Balaban J connectivity index is 1.67. The van der Waals surface area contributed by atoms with Crippen LogP contribution in [-0.2, 0) is 9.59 Å². The summed E-state index contributed by atoms with van der Waals surface area (Å²) in [5, 5.41) is 0. The summed E-state index contributed by atoms with van der Waals surface area (Å²) in [7, 11) is 0. The van der Waals surface area contributed by atoms with E-state index in [-0.39, 0.29) is 0 Å². The van der Waals surface area contributed by atoms with Gasteiger partial charge in [0.2, 0.25) is 0 Å².